The molecule has 0 N–H and O–H groups in total. The van der Waals surface area contributed by atoms with Gasteiger partial charge in [0.2, 0.25) is 0 Å². The van der Waals surface area contributed by atoms with E-state index in [0.29, 0.717) is 6.42 Å². The number of esters is 1. The lowest BCUT2D eigenvalue weighted by molar-refractivity contribution is -0.148. The average Bonchev–Trinajstić information content (AvgIpc) is 2.76. The first kappa shape index (κ1) is 16.1. The number of halogens is 3. The van der Waals surface area contributed by atoms with Crippen molar-refractivity contribution in [1.29, 1.82) is 0 Å². The van der Waals surface area contributed by atoms with Gasteiger partial charge < -0.3 is 4.74 Å². The number of ether oxygens (including phenoxy) is 1. The molecule has 0 saturated heterocycles. The molecule has 1 unspecified atom stereocenters. The Kier molecular flexibility index (Phi) is 5.82. The zero-order valence-corrected chi connectivity index (χ0v) is 13.1. The predicted octanol–water partition coefficient (Wildman–Crippen LogP) is 4.88. The van der Waals surface area contributed by atoms with Gasteiger partial charge in [-0.25, -0.2) is 0 Å². The van der Waals surface area contributed by atoms with Crippen LogP contribution in [0.1, 0.15) is 40.0 Å². The van der Waals surface area contributed by atoms with Crippen LogP contribution in [0.3, 0.4) is 0 Å². The smallest absolute Gasteiger partial charge is 0.311 e. The van der Waals surface area contributed by atoms with E-state index >= 15 is 0 Å². The molecular formula is C13H19Cl3O2. The molecule has 18 heavy (non-hydrogen) atoms. The third-order valence-electron chi connectivity index (χ3n) is 3.50. The highest BCUT2D eigenvalue weighted by Gasteiger charge is 2.61. The Balaban J connectivity index is 2.51. The minimum absolute atomic E-state index is 0.0324. The molecule has 2 nitrogen and oxygen atoms in total. The molecule has 1 aliphatic carbocycles. The van der Waals surface area contributed by atoms with Crippen LogP contribution in [0, 0.1) is 17.3 Å². The van der Waals surface area contributed by atoms with Gasteiger partial charge in [-0.2, -0.15) is 0 Å². The third-order valence-corrected chi connectivity index (χ3v) is 4.06. The molecule has 0 amide bonds. The first-order chi connectivity index (χ1) is 8.30. The van der Waals surface area contributed by atoms with Crippen LogP contribution in [-0.4, -0.2) is 11.5 Å². The van der Waals surface area contributed by atoms with Crippen LogP contribution < -0.4 is 0 Å². The minimum atomic E-state index is -0.537. The molecule has 0 heterocycles. The Morgan fingerprint density at radius 2 is 2.06 bits per heavy atom. The Morgan fingerprint density at radius 3 is 2.56 bits per heavy atom. The van der Waals surface area contributed by atoms with E-state index in [9.17, 15) is 4.79 Å². The van der Waals surface area contributed by atoms with Gasteiger partial charge in [-0.1, -0.05) is 62.0 Å². The van der Waals surface area contributed by atoms with E-state index in [1.807, 2.05) is 13.8 Å². The van der Waals surface area contributed by atoms with Crippen LogP contribution in [0.2, 0.25) is 0 Å². The lowest BCUT2D eigenvalue weighted by Gasteiger charge is -2.11. The van der Waals surface area contributed by atoms with Crippen molar-refractivity contribution in [2.75, 3.05) is 0 Å². The second-order valence-electron chi connectivity index (χ2n) is 5.27. The summed E-state index contributed by atoms with van der Waals surface area (Å²) in [5.41, 5.74) is -0.696. The number of allylic oxidation sites excluding steroid dienone is 1. The van der Waals surface area contributed by atoms with Crippen molar-refractivity contribution < 1.29 is 9.53 Å². The summed E-state index contributed by atoms with van der Waals surface area (Å²) in [7, 11) is 0. The van der Waals surface area contributed by atoms with Gasteiger partial charge in [-0.3, -0.25) is 4.79 Å². The Labute approximate surface area is 124 Å². The van der Waals surface area contributed by atoms with Gasteiger partial charge in [0.1, 0.15) is 4.49 Å². The molecule has 0 aromatic heterocycles. The van der Waals surface area contributed by atoms with E-state index in [1.54, 1.807) is 6.08 Å². The minimum Gasteiger partial charge on any atom is -0.446 e. The topological polar surface area (TPSA) is 26.3 Å². The molecule has 0 bridgehead atoms. The number of alkyl halides is 1. The van der Waals surface area contributed by atoms with E-state index < -0.39 is 5.56 Å². The predicted molar refractivity (Wildman–Crippen MR) is 75.8 cm³/mol. The lowest BCUT2D eigenvalue weighted by atomic mass is 10.1. The molecule has 1 rings (SSSR count). The summed E-state index contributed by atoms with van der Waals surface area (Å²) in [6.45, 7) is 6.05. The summed E-state index contributed by atoms with van der Waals surface area (Å²) >= 11 is 17.2. The quantitative estimate of drug-likeness (QED) is 0.516. The fourth-order valence-corrected chi connectivity index (χ4v) is 2.71. The first-order valence-corrected chi connectivity index (χ1v) is 7.37. The van der Waals surface area contributed by atoms with Gasteiger partial charge >= 0.3 is 5.97 Å². The van der Waals surface area contributed by atoms with Crippen LogP contribution in [-0.2, 0) is 9.53 Å². The molecule has 0 aliphatic heterocycles. The summed E-state index contributed by atoms with van der Waals surface area (Å²) in [4.78, 5) is 12.0. The molecule has 0 spiro atoms. The van der Waals surface area contributed by atoms with Crippen LogP contribution in [0.25, 0.3) is 0 Å². The number of carbonyl (C=O) groups is 1. The summed E-state index contributed by atoms with van der Waals surface area (Å²) in [5.74, 6) is -0.426. The van der Waals surface area contributed by atoms with Gasteiger partial charge in [-0.05, 0) is 30.3 Å². The van der Waals surface area contributed by atoms with Gasteiger partial charge in [0.25, 0.3) is 0 Å². The van der Waals surface area contributed by atoms with Crippen LogP contribution in [0.4, 0.5) is 0 Å². The zero-order valence-electron chi connectivity index (χ0n) is 10.9. The highest BCUT2D eigenvalue weighted by atomic mass is 35.5. The van der Waals surface area contributed by atoms with Crippen molar-refractivity contribution in [1.82, 2.24) is 0 Å². The highest BCUT2D eigenvalue weighted by Crippen LogP contribution is 2.60. The van der Waals surface area contributed by atoms with Crippen molar-refractivity contribution in [3.63, 3.8) is 0 Å². The Hall–Kier alpha value is 0.0800. The molecule has 0 aromatic rings. The van der Waals surface area contributed by atoms with Gasteiger partial charge in [0.05, 0.1) is 5.92 Å². The number of rotatable bonds is 6. The number of hydrogen-bond donors (Lipinski definition) is 0. The zero-order chi connectivity index (χ0) is 13.9. The maximum absolute atomic E-state index is 12.0. The van der Waals surface area contributed by atoms with E-state index in [2.05, 4.69) is 6.92 Å². The lowest BCUT2D eigenvalue weighted by Crippen LogP contribution is -2.16. The normalized spacial score (nSPS) is 26.3. The van der Waals surface area contributed by atoms with Crippen LogP contribution in [0.5, 0.6) is 0 Å². The van der Waals surface area contributed by atoms with Crippen LogP contribution in [0.15, 0.2) is 10.6 Å². The third kappa shape index (κ3) is 4.04. The number of carbonyl (C=O) groups excluding carboxylic acids is 1. The average molecular weight is 314 g/mol. The maximum Gasteiger partial charge on any atom is 0.311 e. The second-order valence-corrected chi connectivity index (χ2v) is 6.76. The second kappa shape index (κ2) is 6.49. The first-order valence-electron chi connectivity index (χ1n) is 6.18. The fourth-order valence-electron chi connectivity index (χ4n) is 2.20. The van der Waals surface area contributed by atoms with Crippen molar-refractivity contribution >= 4 is 40.8 Å². The van der Waals surface area contributed by atoms with Crippen molar-refractivity contribution in [2.24, 2.45) is 17.3 Å². The van der Waals surface area contributed by atoms with Gasteiger partial charge in [0, 0.05) is 0 Å². The molecule has 1 fully saturated rings. The molecule has 0 radical (unpaired) electrons. The van der Waals surface area contributed by atoms with Crippen molar-refractivity contribution in [3.8, 4) is 0 Å². The van der Waals surface area contributed by atoms with Crippen molar-refractivity contribution in [3.05, 3.63) is 10.6 Å². The fraction of sp³-hybridized carbons (Fsp3) is 0.769. The molecular weight excluding hydrogens is 295 g/mol. The molecule has 3 atom stereocenters. The van der Waals surface area contributed by atoms with E-state index in [-0.39, 0.29) is 27.7 Å². The maximum atomic E-state index is 12.0. The largest absolute Gasteiger partial charge is 0.446 e. The number of hydrogen-bond acceptors (Lipinski definition) is 2. The standard InChI is InChI=1S/C13H19Cl3O2/c1-4-5-6-10(16)18-12(17)11-8(7-9(14)15)13(11,2)3/h7-8,10-11H,4-6H2,1-3H3/t8-,10?,11+/m0/s1. The van der Waals surface area contributed by atoms with E-state index in [0.717, 1.165) is 12.8 Å². The number of unbranched alkanes of at least 4 members (excludes halogenated alkanes) is 1. The SMILES string of the molecule is CCCCC(Cl)OC(=O)[C@H]1[C@H](C=C(Cl)Cl)C1(C)C. The summed E-state index contributed by atoms with van der Waals surface area (Å²) < 4.78 is 5.43. The molecule has 5 heteroatoms. The van der Waals surface area contributed by atoms with E-state index in [1.165, 1.54) is 0 Å². The monoisotopic (exact) mass is 312 g/mol. The highest BCUT2D eigenvalue weighted by molar-refractivity contribution is 6.55. The summed E-state index contributed by atoms with van der Waals surface area (Å²) in [6.07, 6.45) is 4.37. The van der Waals surface area contributed by atoms with Crippen LogP contribution >= 0.6 is 34.8 Å². The van der Waals surface area contributed by atoms with Gasteiger partial charge in [-0.15, -0.1) is 0 Å². The molecule has 0 aromatic carbocycles. The van der Waals surface area contributed by atoms with Crippen molar-refractivity contribution in [2.45, 2.75) is 45.6 Å². The summed E-state index contributed by atoms with van der Waals surface area (Å²) in [6, 6.07) is 0. The van der Waals surface area contributed by atoms with E-state index in [4.69, 9.17) is 39.5 Å². The summed E-state index contributed by atoms with van der Waals surface area (Å²) in [5, 5.41) is 0. The molecule has 104 valence electrons. The Bertz CT molecular complexity index is 335. The molecule has 1 aliphatic rings. The molecule has 1 saturated carbocycles. The van der Waals surface area contributed by atoms with Gasteiger partial charge in [0.15, 0.2) is 5.56 Å². The Morgan fingerprint density at radius 1 is 1.44 bits per heavy atom.